The molecule has 1 saturated heterocycles. The van der Waals surface area contributed by atoms with Gasteiger partial charge in [0, 0.05) is 13.1 Å². The van der Waals surface area contributed by atoms with Crippen molar-refractivity contribution in [3.63, 3.8) is 0 Å². The normalized spacial score (nSPS) is 16.0. The standard InChI is InChI=1S/C21H26N2O6S/c1-15(16-4-6-17(27-2)7-5-16)22-21(24)19-14-18(8-9-20(19)28-3)30(25,26)23-10-12-29-13-11-23/h4-9,14-15H,10-13H2,1-3H3,(H,22,24). The number of sulfonamides is 1. The van der Waals surface area contributed by atoms with Crippen LogP contribution in [0.1, 0.15) is 28.9 Å². The molecule has 1 aliphatic rings. The maximum atomic E-state index is 13.0. The van der Waals surface area contributed by atoms with Gasteiger partial charge in [0.05, 0.1) is 43.9 Å². The Morgan fingerprint density at radius 3 is 2.33 bits per heavy atom. The van der Waals surface area contributed by atoms with Crippen molar-refractivity contribution in [3.8, 4) is 11.5 Å². The summed E-state index contributed by atoms with van der Waals surface area (Å²) in [6.07, 6.45) is 0. The zero-order valence-corrected chi connectivity index (χ0v) is 18.1. The van der Waals surface area contributed by atoms with Crippen molar-refractivity contribution in [1.82, 2.24) is 9.62 Å². The average molecular weight is 435 g/mol. The summed E-state index contributed by atoms with van der Waals surface area (Å²) in [6.45, 7) is 3.11. The Kier molecular flexibility index (Phi) is 6.96. The van der Waals surface area contributed by atoms with Crippen molar-refractivity contribution >= 4 is 15.9 Å². The van der Waals surface area contributed by atoms with Crippen LogP contribution in [0.2, 0.25) is 0 Å². The molecule has 3 rings (SSSR count). The topological polar surface area (TPSA) is 94.2 Å². The van der Waals surface area contributed by atoms with Gasteiger partial charge in [-0.2, -0.15) is 4.31 Å². The summed E-state index contributed by atoms with van der Waals surface area (Å²) in [4.78, 5) is 13.0. The van der Waals surface area contributed by atoms with Crippen LogP contribution in [0.4, 0.5) is 0 Å². The third-order valence-corrected chi connectivity index (χ3v) is 6.88. The van der Waals surface area contributed by atoms with E-state index < -0.39 is 15.9 Å². The van der Waals surface area contributed by atoms with Gasteiger partial charge >= 0.3 is 0 Å². The summed E-state index contributed by atoms with van der Waals surface area (Å²) in [5.74, 6) is 0.601. The van der Waals surface area contributed by atoms with Crippen molar-refractivity contribution < 1.29 is 27.4 Å². The van der Waals surface area contributed by atoms with Crippen molar-refractivity contribution in [2.24, 2.45) is 0 Å². The molecule has 9 heteroatoms. The molecule has 2 aromatic carbocycles. The van der Waals surface area contributed by atoms with Gasteiger partial charge in [-0.05, 0) is 42.8 Å². The van der Waals surface area contributed by atoms with Crippen LogP contribution in [0.25, 0.3) is 0 Å². The van der Waals surface area contributed by atoms with Gasteiger partial charge in [0.2, 0.25) is 10.0 Å². The second-order valence-corrected chi connectivity index (χ2v) is 8.78. The predicted molar refractivity (Wildman–Crippen MR) is 111 cm³/mol. The summed E-state index contributed by atoms with van der Waals surface area (Å²) < 4.78 is 42.9. The molecule has 30 heavy (non-hydrogen) atoms. The fourth-order valence-corrected chi connectivity index (χ4v) is 4.65. The molecule has 0 saturated carbocycles. The average Bonchev–Trinajstić information content (AvgIpc) is 2.79. The molecule has 0 aliphatic carbocycles. The molecule has 1 atom stereocenters. The monoisotopic (exact) mass is 434 g/mol. The molecule has 0 spiro atoms. The molecule has 1 unspecified atom stereocenters. The second kappa shape index (κ2) is 9.46. The van der Waals surface area contributed by atoms with E-state index >= 15 is 0 Å². The first-order valence-corrected chi connectivity index (χ1v) is 11.0. The minimum absolute atomic E-state index is 0.0486. The smallest absolute Gasteiger partial charge is 0.255 e. The minimum atomic E-state index is -3.73. The first kappa shape index (κ1) is 22.1. The molecule has 0 radical (unpaired) electrons. The maximum Gasteiger partial charge on any atom is 0.255 e. The predicted octanol–water partition coefficient (Wildman–Crippen LogP) is 2.22. The number of methoxy groups -OCH3 is 2. The Morgan fingerprint density at radius 1 is 1.07 bits per heavy atom. The molecule has 1 aliphatic heterocycles. The van der Waals surface area contributed by atoms with Crippen LogP contribution in [-0.2, 0) is 14.8 Å². The van der Waals surface area contributed by atoms with E-state index in [1.807, 2.05) is 31.2 Å². The number of ether oxygens (including phenoxy) is 3. The number of nitrogens with one attached hydrogen (secondary N) is 1. The Hall–Kier alpha value is -2.62. The summed E-state index contributed by atoms with van der Waals surface area (Å²) in [5.41, 5.74) is 1.05. The fourth-order valence-electron chi connectivity index (χ4n) is 3.21. The lowest BCUT2D eigenvalue weighted by Crippen LogP contribution is -2.40. The lowest BCUT2D eigenvalue weighted by atomic mass is 10.1. The lowest BCUT2D eigenvalue weighted by Gasteiger charge is -2.26. The molecule has 1 amide bonds. The van der Waals surface area contributed by atoms with Gasteiger partial charge in [-0.1, -0.05) is 12.1 Å². The van der Waals surface area contributed by atoms with Gasteiger partial charge in [-0.15, -0.1) is 0 Å². The highest BCUT2D eigenvalue weighted by molar-refractivity contribution is 7.89. The highest BCUT2D eigenvalue weighted by atomic mass is 32.2. The second-order valence-electron chi connectivity index (χ2n) is 6.85. The number of hydrogen-bond acceptors (Lipinski definition) is 6. The van der Waals surface area contributed by atoms with Crippen LogP contribution in [0.15, 0.2) is 47.4 Å². The molecule has 1 fully saturated rings. The number of benzene rings is 2. The van der Waals surface area contributed by atoms with Crippen molar-refractivity contribution in [2.45, 2.75) is 17.9 Å². The molecule has 2 aromatic rings. The molecule has 162 valence electrons. The van der Waals surface area contributed by atoms with E-state index in [1.54, 1.807) is 7.11 Å². The van der Waals surface area contributed by atoms with Crippen LogP contribution >= 0.6 is 0 Å². The highest BCUT2D eigenvalue weighted by Gasteiger charge is 2.28. The van der Waals surface area contributed by atoms with E-state index in [2.05, 4.69) is 5.32 Å². The molecule has 0 bridgehead atoms. The summed E-state index contributed by atoms with van der Waals surface area (Å²) in [6, 6.07) is 11.4. The van der Waals surface area contributed by atoms with Crippen LogP contribution in [0.3, 0.4) is 0 Å². The van der Waals surface area contributed by atoms with E-state index in [0.29, 0.717) is 19.0 Å². The van der Waals surface area contributed by atoms with Gasteiger partial charge in [0.25, 0.3) is 5.91 Å². The Bertz CT molecular complexity index is 985. The number of carbonyl (C=O) groups is 1. The lowest BCUT2D eigenvalue weighted by molar-refractivity contribution is 0.0730. The number of morpholine rings is 1. The molecule has 1 heterocycles. The third-order valence-electron chi connectivity index (χ3n) is 4.99. The summed E-state index contributed by atoms with van der Waals surface area (Å²) in [7, 11) is -0.700. The molecular formula is C21H26N2O6S. The molecule has 0 aromatic heterocycles. The van der Waals surface area contributed by atoms with Gasteiger partial charge in [0.15, 0.2) is 0 Å². The van der Waals surface area contributed by atoms with E-state index in [4.69, 9.17) is 14.2 Å². The van der Waals surface area contributed by atoms with E-state index in [9.17, 15) is 13.2 Å². The molecule has 1 N–H and O–H groups in total. The third kappa shape index (κ3) is 4.75. The Morgan fingerprint density at radius 2 is 1.73 bits per heavy atom. The number of nitrogens with zero attached hydrogens (tertiary/aromatic N) is 1. The van der Waals surface area contributed by atoms with Gasteiger partial charge in [0.1, 0.15) is 11.5 Å². The van der Waals surface area contributed by atoms with Gasteiger partial charge in [-0.3, -0.25) is 4.79 Å². The summed E-state index contributed by atoms with van der Waals surface area (Å²) >= 11 is 0. The van der Waals surface area contributed by atoms with E-state index in [0.717, 1.165) is 11.3 Å². The summed E-state index contributed by atoms with van der Waals surface area (Å²) in [5, 5.41) is 2.89. The number of carbonyl (C=O) groups excluding carboxylic acids is 1. The van der Waals surface area contributed by atoms with Gasteiger partial charge in [-0.25, -0.2) is 8.42 Å². The largest absolute Gasteiger partial charge is 0.497 e. The number of rotatable bonds is 7. The van der Waals surface area contributed by atoms with Crippen molar-refractivity contribution in [1.29, 1.82) is 0 Å². The Balaban J connectivity index is 1.84. The van der Waals surface area contributed by atoms with Crippen LogP contribution in [0.5, 0.6) is 11.5 Å². The quantitative estimate of drug-likeness (QED) is 0.718. The number of hydrogen-bond donors (Lipinski definition) is 1. The highest BCUT2D eigenvalue weighted by Crippen LogP contribution is 2.26. The van der Waals surface area contributed by atoms with E-state index in [1.165, 1.54) is 29.6 Å². The SMILES string of the molecule is COc1ccc(C(C)NC(=O)c2cc(S(=O)(=O)N3CCOCC3)ccc2OC)cc1. The van der Waals surface area contributed by atoms with Crippen molar-refractivity contribution in [2.75, 3.05) is 40.5 Å². The zero-order valence-electron chi connectivity index (χ0n) is 17.3. The fraction of sp³-hybridized carbons (Fsp3) is 0.381. The zero-order chi connectivity index (χ0) is 21.7. The maximum absolute atomic E-state index is 13.0. The van der Waals surface area contributed by atoms with Crippen molar-refractivity contribution in [3.05, 3.63) is 53.6 Å². The first-order valence-electron chi connectivity index (χ1n) is 9.57. The van der Waals surface area contributed by atoms with Gasteiger partial charge < -0.3 is 19.5 Å². The van der Waals surface area contributed by atoms with Crippen LogP contribution in [0, 0.1) is 0 Å². The number of amides is 1. The minimum Gasteiger partial charge on any atom is -0.497 e. The van der Waals surface area contributed by atoms with Crippen LogP contribution in [-0.4, -0.2) is 59.2 Å². The first-order chi connectivity index (χ1) is 14.4. The molecule has 8 nitrogen and oxygen atoms in total. The molecular weight excluding hydrogens is 408 g/mol. The van der Waals surface area contributed by atoms with Crippen LogP contribution < -0.4 is 14.8 Å². The Labute approximate surface area is 176 Å². The van der Waals surface area contributed by atoms with E-state index in [-0.39, 0.29) is 29.6 Å².